The zero-order valence-corrected chi connectivity index (χ0v) is 10.8. The van der Waals surface area contributed by atoms with Crippen LogP contribution in [0.5, 0.6) is 0 Å². The standard InChI is InChI=1S/C14H13N3O2/c1-9-3-4-12-11(5-9)13(18)14(19)17(12)7-10-6-15-8-16(10)2/h3-6,8H,7H2,1-2H3. The van der Waals surface area contributed by atoms with Gasteiger partial charge in [-0.3, -0.25) is 14.5 Å². The Kier molecular flexibility index (Phi) is 2.48. The van der Waals surface area contributed by atoms with Gasteiger partial charge in [0.15, 0.2) is 0 Å². The predicted molar refractivity (Wildman–Crippen MR) is 69.9 cm³/mol. The quantitative estimate of drug-likeness (QED) is 0.763. The average molecular weight is 255 g/mol. The zero-order chi connectivity index (χ0) is 13.6. The minimum Gasteiger partial charge on any atom is -0.336 e. The molecule has 0 fully saturated rings. The number of anilines is 1. The van der Waals surface area contributed by atoms with Crippen LogP contribution in [0.25, 0.3) is 0 Å². The summed E-state index contributed by atoms with van der Waals surface area (Å²) in [5.74, 6) is -0.900. The molecule has 19 heavy (non-hydrogen) atoms. The van der Waals surface area contributed by atoms with E-state index in [0.29, 0.717) is 17.8 Å². The lowest BCUT2D eigenvalue weighted by Gasteiger charge is -2.16. The number of rotatable bonds is 2. The third-order valence-corrected chi connectivity index (χ3v) is 3.36. The number of amides is 1. The lowest BCUT2D eigenvalue weighted by molar-refractivity contribution is -0.114. The van der Waals surface area contributed by atoms with Crippen molar-refractivity contribution < 1.29 is 9.59 Å². The molecule has 5 heteroatoms. The van der Waals surface area contributed by atoms with Gasteiger partial charge in [0.25, 0.3) is 11.7 Å². The largest absolute Gasteiger partial charge is 0.336 e. The molecule has 1 amide bonds. The van der Waals surface area contributed by atoms with E-state index >= 15 is 0 Å². The molecule has 2 aromatic rings. The molecule has 1 aliphatic rings. The van der Waals surface area contributed by atoms with E-state index in [0.717, 1.165) is 11.3 Å². The van der Waals surface area contributed by atoms with E-state index in [1.54, 1.807) is 18.6 Å². The molecule has 0 aliphatic carbocycles. The average Bonchev–Trinajstić information content (AvgIpc) is 2.88. The van der Waals surface area contributed by atoms with Gasteiger partial charge in [0.1, 0.15) is 0 Å². The maximum absolute atomic E-state index is 12.1. The van der Waals surface area contributed by atoms with Crippen LogP contribution in [0.1, 0.15) is 21.6 Å². The van der Waals surface area contributed by atoms with Gasteiger partial charge in [-0.2, -0.15) is 0 Å². The third kappa shape index (κ3) is 1.74. The van der Waals surface area contributed by atoms with Crippen molar-refractivity contribution in [3.8, 4) is 0 Å². The molecule has 0 saturated heterocycles. The Labute approximate surface area is 110 Å². The van der Waals surface area contributed by atoms with Gasteiger partial charge in [0.05, 0.1) is 29.8 Å². The fourth-order valence-corrected chi connectivity index (χ4v) is 2.27. The third-order valence-electron chi connectivity index (χ3n) is 3.36. The Morgan fingerprint density at radius 3 is 2.74 bits per heavy atom. The highest BCUT2D eigenvalue weighted by molar-refractivity contribution is 6.52. The summed E-state index contributed by atoms with van der Waals surface area (Å²) in [6.45, 7) is 2.26. The summed E-state index contributed by atoms with van der Waals surface area (Å²) >= 11 is 0. The van der Waals surface area contributed by atoms with Gasteiger partial charge in [-0.25, -0.2) is 4.98 Å². The smallest absolute Gasteiger partial charge is 0.299 e. The lowest BCUT2D eigenvalue weighted by Crippen LogP contribution is -2.29. The van der Waals surface area contributed by atoms with Gasteiger partial charge in [-0.1, -0.05) is 11.6 Å². The van der Waals surface area contributed by atoms with Crippen molar-refractivity contribution >= 4 is 17.4 Å². The molecule has 0 atom stereocenters. The van der Waals surface area contributed by atoms with E-state index in [4.69, 9.17) is 0 Å². The number of nitrogens with zero attached hydrogens (tertiary/aromatic N) is 3. The normalized spacial score (nSPS) is 14.1. The summed E-state index contributed by atoms with van der Waals surface area (Å²) in [7, 11) is 1.86. The molecule has 0 saturated carbocycles. The molecule has 0 N–H and O–H groups in total. The minimum atomic E-state index is -0.471. The first-order chi connectivity index (χ1) is 9.08. The van der Waals surface area contributed by atoms with Crippen molar-refractivity contribution in [3.05, 3.63) is 47.5 Å². The monoisotopic (exact) mass is 255 g/mol. The van der Waals surface area contributed by atoms with Gasteiger partial charge >= 0.3 is 0 Å². The molecule has 0 unspecified atom stereocenters. The van der Waals surface area contributed by atoms with Crippen LogP contribution in [0, 0.1) is 6.92 Å². The van der Waals surface area contributed by atoms with Crippen LogP contribution in [0.15, 0.2) is 30.7 Å². The molecule has 0 bridgehead atoms. The number of hydrogen-bond acceptors (Lipinski definition) is 3. The maximum Gasteiger partial charge on any atom is 0.299 e. The molecule has 1 aromatic carbocycles. The van der Waals surface area contributed by atoms with Crippen LogP contribution in [0.4, 0.5) is 5.69 Å². The summed E-state index contributed by atoms with van der Waals surface area (Å²) in [5, 5.41) is 0. The Bertz CT molecular complexity index is 688. The highest BCUT2D eigenvalue weighted by Gasteiger charge is 2.35. The number of benzene rings is 1. The molecule has 1 aliphatic heterocycles. The fourth-order valence-electron chi connectivity index (χ4n) is 2.27. The number of hydrogen-bond donors (Lipinski definition) is 0. The number of aryl methyl sites for hydroxylation is 2. The number of carbonyl (C=O) groups is 2. The number of aromatic nitrogens is 2. The lowest BCUT2D eigenvalue weighted by atomic mass is 10.1. The van der Waals surface area contributed by atoms with E-state index in [2.05, 4.69) is 4.98 Å². The van der Waals surface area contributed by atoms with Crippen molar-refractivity contribution in [2.75, 3.05) is 4.90 Å². The minimum absolute atomic E-state index is 0.358. The highest BCUT2D eigenvalue weighted by atomic mass is 16.2. The molecule has 0 spiro atoms. The van der Waals surface area contributed by atoms with Crippen LogP contribution in [-0.2, 0) is 18.4 Å². The second kappa shape index (κ2) is 4.05. The molecule has 1 aromatic heterocycles. The molecule has 5 nitrogen and oxygen atoms in total. The molecule has 0 radical (unpaired) electrons. The Balaban J connectivity index is 2.02. The summed E-state index contributed by atoms with van der Waals surface area (Å²) < 4.78 is 1.84. The molecular formula is C14H13N3O2. The van der Waals surface area contributed by atoms with E-state index in [1.807, 2.05) is 30.7 Å². The first kappa shape index (κ1) is 11.6. The summed E-state index contributed by atoms with van der Waals surface area (Å²) in [6, 6.07) is 5.49. The van der Waals surface area contributed by atoms with Crippen molar-refractivity contribution in [3.63, 3.8) is 0 Å². The second-order valence-corrected chi connectivity index (χ2v) is 4.74. The van der Waals surface area contributed by atoms with Crippen molar-refractivity contribution in [1.29, 1.82) is 0 Å². The number of imidazole rings is 1. The van der Waals surface area contributed by atoms with E-state index in [-0.39, 0.29) is 0 Å². The van der Waals surface area contributed by atoms with Gasteiger partial charge in [-0.05, 0) is 19.1 Å². The Morgan fingerprint density at radius 1 is 1.26 bits per heavy atom. The fraction of sp³-hybridized carbons (Fsp3) is 0.214. The number of carbonyl (C=O) groups excluding carboxylic acids is 2. The second-order valence-electron chi connectivity index (χ2n) is 4.74. The van der Waals surface area contributed by atoms with Crippen LogP contribution in [-0.4, -0.2) is 21.2 Å². The zero-order valence-electron chi connectivity index (χ0n) is 10.8. The van der Waals surface area contributed by atoms with Crippen LogP contribution in [0.3, 0.4) is 0 Å². The summed E-state index contributed by atoms with van der Waals surface area (Å²) in [4.78, 5) is 29.5. The number of Topliss-reactive ketones (excluding diaryl/α,β-unsaturated/α-hetero) is 1. The first-order valence-electron chi connectivity index (χ1n) is 6.00. The van der Waals surface area contributed by atoms with Crippen molar-refractivity contribution in [2.45, 2.75) is 13.5 Å². The van der Waals surface area contributed by atoms with E-state index in [9.17, 15) is 9.59 Å². The molecule has 2 heterocycles. The maximum atomic E-state index is 12.1. The Morgan fingerprint density at radius 2 is 2.05 bits per heavy atom. The van der Waals surface area contributed by atoms with Gasteiger partial charge in [0, 0.05) is 13.2 Å². The highest BCUT2D eigenvalue weighted by Crippen LogP contribution is 2.30. The van der Waals surface area contributed by atoms with Gasteiger partial charge < -0.3 is 4.57 Å². The van der Waals surface area contributed by atoms with E-state index in [1.165, 1.54) is 4.90 Å². The summed E-state index contributed by atoms with van der Waals surface area (Å²) in [6.07, 6.45) is 3.37. The number of fused-ring (bicyclic) bond motifs is 1. The number of ketones is 1. The van der Waals surface area contributed by atoms with Crippen molar-refractivity contribution in [2.24, 2.45) is 7.05 Å². The summed E-state index contributed by atoms with van der Waals surface area (Å²) in [5.41, 5.74) is 3.03. The van der Waals surface area contributed by atoms with Gasteiger partial charge in [-0.15, -0.1) is 0 Å². The molecule has 96 valence electrons. The molecule has 3 rings (SSSR count). The van der Waals surface area contributed by atoms with Crippen LogP contribution >= 0.6 is 0 Å². The van der Waals surface area contributed by atoms with Crippen LogP contribution in [0.2, 0.25) is 0 Å². The predicted octanol–water partition coefficient (Wildman–Crippen LogP) is 1.46. The SMILES string of the molecule is Cc1ccc2c(c1)C(=O)C(=O)N2Cc1cncn1C. The Hall–Kier alpha value is -2.43. The van der Waals surface area contributed by atoms with Gasteiger partial charge in [0.2, 0.25) is 0 Å². The molecular weight excluding hydrogens is 242 g/mol. The van der Waals surface area contributed by atoms with Crippen LogP contribution < -0.4 is 4.90 Å². The van der Waals surface area contributed by atoms with E-state index < -0.39 is 11.7 Å². The van der Waals surface area contributed by atoms with Crippen molar-refractivity contribution in [1.82, 2.24) is 9.55 Å². The first-order valence-corrected chi connectivity index (χ1v) is 6.00. The topological polar surface area (TPSA) is 55.2 Å².